The van der Waals surface area contributed by atoms with Crippen LogP contribution in [0.3, 0.4) is 0 Å². The second kappa shape index (κ2) is 6.23. The molecule has 1 aliphatic heterocycles. The van der Waals surface area contributed by atoms with Gasteiger partial charge < -0.3 is 14.6 Å². The van der Waals surface area contributed by atoms with Gasteiger partial charge in [0, 0.05) is 23.7 Å². The van der Waals surface area contributed by atoms with E-state index in [9.17, 15) is 9.59 Å². The van der Waals surface area contributed by atoms with Gasteiger partial charge in [-0.1, -0.05) is 6.42 Å². The third kappa shape index (κ3) is 2.77. The van der Waals surface area contributed by atoms with Gasteiger partial charge in [0.1, 0.15) is 11.8 Å². The van der Waals surface area contributed by atoms with E-state index in [0.29, 0.717) is 11.6 Å². The van der Waals surface area contributed by atoms with Crippen LogP contribution in [0.2, 0.25) is 0 Å². The molecule has 6 heteroatoms. The number of nitrogens with zero attached hydrogens (tertiary/aromatic N) is 1. The highest BCUT2D eigenvalue weighted by molar-refractivity contribution is 7.99. The first-order valence-corrected chi connectivity index (χ1v) is 9.64. The number of carbonyl (C=O) groups is 2. The molecule has 0 aromatic carbocycles. The Morgan fingerprint density at radius 1 is 1.26 bits per heavy atom. The Labute approximate surface area is 140 Å². The van der Waals surface area contributed by atoms with E-state index < -0.39 is 0 Å². The minimum absolute atomic E-state index is 0.0123. The lowest BCUT2D eigenvalue weighted by molar-refractivity contribution is -0.143. The maximum atomic E-state index is 12.7. The summed E-state index contributed by atoms with van der Waals surface area (Å²) in [5.74, 6) is 2.66. The monoisotopic (exact) mass is 334 g/mol. The van der Waals surface area contributed by atoms with E-state index in [-0.39, 0.29) is 29.8 Å². The predicted octanol–water partition coefficient (Wildman–Crippen LogP) is 2.47. The summed E-state index contributed by atoms with van der Waals surface area (Å²) < 4.78 is 5.49. The number of fused-ring (bicyclic) bond motifs is 1. The molecule has 2 aliphatic carbocycles. The van der Waals surface area contributed by atoms with Crippen LogP contribution in [0.1, 0.15) is 49.5 Å². The van der Waals surface area contributed by atoms with Crippen molar-refractivity contribution >= 4 is 23.6 Å². The first kappa shape index (κ1) is 15.1. The highest BCUT2D eigenvalue weighted by Gasteiger charge is 2.40. The molecule has 1 N–H and O–H groups in total. The Morgan fingerprint density at radius 3 is 2.91 bits per heavy atom. The normalized spacial score (nSPS) is 27.4. The molecule has 2 atom stereocenters. The Morgan fingerprint density at radius 2 is 2.13 bits per heavy atom. The molecule has 2 fully saturated rings. The summed E-state index contributed by atoms with van der Waals surface area (Å²) in [7, 11) is 0. The molecular formula is C17H22N2O3S. The summed E-state index contributed by atoms with van der Waals surface area (Å²) in [6, 6.07) is 1.67. The van der Waals surface area contributed by atoms with Crippen molar-refractivity contribution in [1.29, 1.82) is 0 Å². The van der Waals surface area contributed by atoms with E-state index in [1.807, 2.05) is 6.07 Å². The van der Waals surface area contributed by atoms with E-state index in [2.05, 4.69) is 5.32 Å². The fourth-order valence-electron chi connectivity index (χ4n) is 3.67. The minimum Gasteiger partial charge on any atom is -0.469 e. The van der Waals surface area contributed by atoms with Crippen molar-refractivity contribution in [3.63, 3.8) is 0 Å². The van der Waals surface area contributed by atoms with Crippen molar-refractivity contribution in [2.45, 2.75) is 50.6 Å². The maximum absolute atomic E-state index is 12.7. The molecule has 5 nitrogen and oxygen atoms in total. The van der Waals surface area contributed by atoms with Crippen LogP contribution in [0, 0.1) is 5.92 Å². The van der Waals surface area contributed by atoms with E-state index >= 15 is 0 Å². The molecule has 1 aromatic rings. The Kier molecular flexibility index (Phi) is 4.09. The van der Waals surface area contributed by atoms with Crippen LogP contribution in [-0.4, -0.2) is 34.4 Å². The van der Waals surface area contributed by atoms with Crippen LogP contribution in [-0.2, 0) is 16.0 Å². The number of carbonyl (C=O) groups excluding carboxylic acids is 2. The topological polar surface area (TPSA) is 62.6 Å². The number of furan rings is 1. The van der Waals surface area contributed by atoms with Crippen LogP contribution in [0.4, 0.5) is 0 Å². The fourth-order valence-corrected chi connectivity index (χ4v) is 4.83. The molecule has 1 saturated carbocycles. The van der Waals surface area contributed by atoms with Crippen LogP contribution >= 0.6 is 11.8 Å². The molecule has 4 rings (SSSR count). The molecule has 0 spiro atoms. The van der Waals surface area contributed by atoms with Crippen LogP contribution in [0.15, 0.2) is 16.7 Å². The van der Waals surface area contributed by atoms with Gasteiger partial charge in [-0.15, -0.1) is 11.8 Å². The summed E-state index contributed by atoms with van der Waals surface area (Å²) in [4.78, 5) is 27.0. The molecule has 3 aliphatic rings. The molecular weight excluding hydrogens is 312 g/mol. The SMILES string of the molecule is O=C(N[C@@H]1CCCc2occc21)[C@@H]1CSCN1C(=O)C1CCC1. The number of hydrogen-bond donors (Lipinski definition) is 1. The van der Waals surface area contributed by atoms with Gasteiger partial charge in [-0.2, -0.15) is 0 Å². The molecule has 2 amide bonds. The van der Waals surface area contributed by atoms with Crippen molar-refractivity contribution in [2.75, 3.05) is 11.6 Å². The largest absolute Gasteiger partial charge is 0.469 e. The van der Waals surface area contributed by atoms with Gasteiger partial charge in [-0.3, -0.25) is 9.59 Å². The third-order valence-corrected chi connectivity index (χ3v) is 6.30. The molecule has 124 valence electrons. The van der Waals surface area contributed by atoms with Gasteiger partial charge in [0.15, 0.2) is 0 Å². The van der Waals surface area contributed by atoms with Crippen molar-refractivity contribution in [3.05, 3.63) is 23.7 Å². The number of aryl methyl sites for hydroxylation is 1. The number of nitrogens with one attached hydrogen (secondary N) is 1. The lowest BCUT2D eigenvalue weighted by atomic mass is 9.84. The van der Waals surface area contributed by atoms with Crippen molar-refractivity contribution in [1.82, 2.24) is 10.2 Å². The molecule has 1 saturated heterocycles. The van der Waals surface area contributed by atoms with Crippen molar-refractivity contribution in [2.24, 2.45) is 5.92 Å². The summed E-state index contributed by atoms with van der Waals surface area (Å²) in [6.07, 6.45) is 7.71. The maximum Gasteiger partial charge on any atom is 0.244 e. The number of amides is 2. The summed E-state index contributed by atoms with van der Waals surface area (Å²) in [5.41, 5.74) is 1.10. The van der Waals surface area contributed by atoms with Gasteiger partial charge in [-0.25, -0.2) is 0 Å². The average molecular weight is 334 g/mol. The second-order valence-electron chi connectivity index (χ2n) is 6.70. The first-order valence-electron chi connectivity index (χ1n) is 8.49. The number of rotatable bonds is 3. The highest BCUT2D eigenvalue weighted by Crippen LogP contribution is 2.34. The summed E-state index contributed by atoms with van der Waals surface area (Å²) >= 11 is 1.67. The van der Waals surface area contributed by atoms with Crippen molar-refractivity contribution < 1.29 is 14.0 Å². The minimum atomic E-state index is -0.314. The van der Waals surface area contributed by atoms with E-state index in [0.717, 1.165) is 49.8 Å². The van der Waals surface area contributed by atoms with Gasteiger partial charge in [-0.05, 0) is 31.7 Å². The lowest BCUT2D eigenvalue weighted by Gasteiger charge is -2.32. The average Bonchev–Trinajstić information content (AvgIpc) is 3.15. The fraction of sp³-hybridized carbons (Fsp3) is 0.647. The van der Waals surface area contributed by atoms with Crippen LogP contribution < -0.4 is 5.32 Å². The predicted molar refractivity (Wildman–Crippen MR) is 87.8 cm³/mol. The third-order valence-electron chi connectivity index (χ3n) is 5.29. The lowest BCUT2D eigenvalue weighted by Crippen LogP contribution is -2.50. The second-order valence-corrected chi connectivity index (χ2v) is 7.70. The quantitative estimate of drug-likeness (QED) is 0.922. The highest BCUT2D eigenvalue weighted by atomic mass is 32.2. The first-order chi connectivity index (χ1) is 11.2. The summed E-state index contributed by atoms with van der Waals surface area (Å²) in [6.45, 7) is 0. The molecule has 23 heavy (non-hydrogen) atoms. The van der Waals surface area contributed by atoms with Crippen LogP contribution in [0.5, 0.6) is 0 Å². The Balaban J connectivity index is 1.43. The number of hydrogen-bond acceptors (Lipinski definition) is 4. The molecule has 1 aromatic heterocycles. The molecule has 0 unspecified atom stereocenters. The van der Waals surface area contributed by atoms with Crippen molar-refractivity contribution in [3.8, 4) is 0 Å². The molecule has 0 bridgehead atoms. The zero-order valence-corrected chi connectivity index (χ0v) is 13.9. The molecule has 0 radical (unpaired) electrons. The van der Waals surface area contributed by atoms with Crippen LogP contribution in [0.25, 0.3) is 0 Å². The zero-order chi connectivity index (χ0) is 15.8. The zero-order valence-electron chi connectivity index (χ0n) is 13.1. The van der Waals surface area contributed by atoms with Gasteiger partial charge in [0.05, 0.1) is 18.2 Å². The summed E-state index contributed by atoms with van der Waals surface area (Å²) in [5, 5.41) is 3.16. The Hall–Kier alpha value is -1.43. The van der Waals surface area contributed by atoms with Gasteiger partial charge >= 0.3 is 0 Å². The standard InChI is InChI=1S/C17H22N2O3S/c20-16(18-13-5-2-6-15-12(13)7-8-22-15)14-9-23-10-19(14)17(21)11-3-1-4-11/h7-8,11,13-14H,1-6,9-10H2,(H,18,20)/t13-,14+/m1/s1. The smallest absolute Gasteiger partial charge is 0.244 e. The van der Waals surface area contributed by atoms with Gasteiger partial charge in [0.2, 0.25) is 11.8 Å². The molecule has 2 heterocycles. The van der Waals surface area contributed by atoms with E-state index in [1.165, 1.54) is 0 Å². The van der Waals surface area contributed by atoms with E-state index in [4.69, 9.17) is 4.42 Å². The van der Waals surface area contributed by atoms with E-state index in [1.54, 1.807) is 22.9 Å². The Bertz CT molecular complexity index is 611. The number of thioether (sulfide) groups is 1. The van der Waals surface area contributed by atoms with Gasteiger partial charge in [0.25, 0.3) is 0 Å².